The van der Waals surface area contributed by atoms with Crippen LogP contribution >= 0.6 is 11.3 Å². The molecule has 0 fully saturated rings. The summed E-state index contributed by atoms with van der Waals surface area (Å²) in [5.41, 5.74) is 1.01. The van der Waals surface area contributed by atoms with Crippen LogP contribution in [0.5, 0.6) is 11.5 Å². The fourth-order valence-electron chi connectivity index (χ4n) is 3.07. The van der Waals surface area contributed by atoms with Crippen LogP contribution in [-0.2, 0) is 0 Å². The lowest BCUT2D eigenvalue weighted by molar-refractivity contribution is -0.0498. The summed E-state index contributed by atoms with van der Waals surface area (Å²) in [6.45, 7) is 4.80. The molecule has 1 N–H and O–H groups in total. The number of ether oxygens (including phenoxy) is 2. The number of alkyl halides is 2. The number of nitrogens with zero attached hydrogens (tertiary/aromatic N) is 1. The van der Waals surface area contributed by atoms with E-state index < -0.39 is 12.5 Å². The monoisotopic (exact) mass is 412 g/mol. The van der Waals surface area contributed by atoms with Gasteiger partial charge in [-0.3, -0.25) is 9.69 Å². The summed E-state index contributed by atoms with van der Waals surface area (Å²) in [5.74, 6) is 0.229. The molecule has 28 heavy (non-hydrogen) atoms. The molecule has 1 aromatic carbocycles. The van der Waals surface area contributed by atoms with Crippen LogP contribution in [0, 0.1) is 6.92 Å². The molecule has 0 aliphatic heterocycles. The zero-order chi connectivity index (χ0) is 20.7. The Labute approximate surface area is 168 Å². The van der Waals surface area contributed by atoms with Crippen LogP contribution < -0.4 is 14.8 Å². The Balaban J connectivity index is 2.20. The van der Waals surface area contributed by atoms with Gasteiger partial charge in [-0.15, -0.1) is 11.3 Å². The second-order valence-corrected chi connectivity index (χ2v) is 7.41. The van der Waals surface area contributed by atoms with Crippen LogP contribution in [0.15, 0.2) is 30.3 Å². The Morgan fingerprint density at radius 2 is 1.96 bits per heavy atom. The topological polar surface area (TPSA) is 50.8 Å². The highest BCUT2D eigenvalue weighted by Crippen LogP contribution is 2.30. The van der Waals surface area contributed by atoms with E-state index in [2.05, 4.69) is 28.8 Å². The van der Waals surface area contributed by atoms with E-state index >= 15 is 0 Å². The number of carbonyl (C=O) groups is 1. The Bertz CT molecular complexity index is 779. The largest absolute Gasteiger partial charge is 0.497 e. The minimum atomic E-state index is -2.97. The summed E-state index contributed by atoms with van der Waals surface area (Å²) < 4.78 is 35.0. The minimum Gasteiger partial charge on any atom is -0.497 e. The molecule has 1 amide bonds. The Morgan fingerprint density at radius 3 is 2.57 bits per heavy atom. The standard InChI is InChI=1S/C20H26F2N2O3S/c1-5-24(6-2)16(14-8-7-9-15(11-14)26-4)12-23-19(25)18-17(27-20(21)22)10-13(3)28-18/h7-11,16,20H,5-6,12H2,1-4H3,(H,23,25). The van der Waals surface area contributed by atoms with E-state index in [9.17, 15) is 13.6 Å². The van der Waals surface area contributed by atoms with Crippen LogP contribution in [0.4, 0.5) is 8.78 Å². The lowest BCUT2D eigenvalue weighted by atomic mass is 10.0. The summed E-state index contributed by atoms with van der Waals surface area (Å²) in [6.07, 6.45) is 0. The van der Waals surface area contributed by atoms with Gasteiger partial charge in [-0.2, -0.15) is 8.78 Å². The summed E-state index contributed by atoms with van der Waals surface area (Å²) in [4.78, 5) is 15.7. The summed E-state index contributed by atoms with van der Waals surface area (Å²) in [7, 11) is 1.61. The molecule has 0 bridgehead atoms. The predicted molar refractivity (Wildman–Crippen MR) is 107 cm³/mol. The van der Waals surface area contributed by atoms with Gasteiger partial charge in [0.05, 0.1) is 13.2 Å². The van der Waals surface area contributed by atoms with E-state index in [1.54, 1.807) is 14.0 Å². The van der Waals surface area contributed by atoms with Gasteiger partial charge in [0.25, 0.3) is 5.91 Å². The number of aryl methyl sites for hydroxylation is 1. The lowest BCUT2D eigenvalue weighted by Crippen LogP contribution is -2.38. The van der Waals surface area contributed by atoms with Crippen molar-refractivity contribution in [1.29, 1.82) is 0 Å². The van der Waals surface area contributed by atoms with Gasteiger partial charge in [-0.25, -0.2) is 0 Å². The molecule has 8 heteroatoms. The van der Waals surface area contributed by atoms with Crippen molar-refractivity contribution in [3.8, 4) is 11.5 Å². The molecule has 1 heterocycles. The molecule has 0 saturated carbocycles. The number of thiophene rings is 1. The molecule has 0 aliphatic rings. The number of benzene rings is 1. The normalized spacial score (nSPS) is 12.3. The highest BCUT2D eigenvalue weighted by Gasteiger charge is 2.23. The van der Waals surface area contributed by atoms with E-state index in [0.717, 1.165) is 40.6 Å². The molecular weight excluding hydrogens is 386 g/mol. The Morgan fingerprint density at radius 1 is 1.25 bits per heavy atom. The van der Waals surface area contributed by atoms with Gasteiger partial charge in [0.2, 0.25) is 0 Å². The van der Waals surface area contributed by atoms with Gasteiger partial charge < -0.3 is 14.8 Å². The summed E-state index contributed by atoms with van der Waals surface area (Å²) in [6, 6.07) is 9.08. The number of amides is 1. The van der Waals surface area contributed by atoms with Crippen LogP contribution in [0.25, 0.3) is 0 Å². The van der Waals surface area contributed by atoms with Crippen molar-refractivity contribution >= 4 is 17.2 Å². The maximum absolute atomic E-state index is 12.6. The van der Waals surface area contributed by atoms with Crippen LogP contribution in [0.1, 0.15) is 40.0 Å². The first-order chi connectivity index (χ1) is 13.4. The van der Waals surface area contributed by atoms with Crippen molar-refractivity contribution in [3.05, 3.63) is 45.6 Å². The third kappa shape index (κ3) is 5.65. The first-order valence-electron chi connectivity index (χ1n) is 9.11. The predicted octanol–water partition coefficient (Wildman–Crippen LogP) is 4.48. The molecule has 2 aromatic rings. The smallest absolute Gasteiger partial charge is 0.387 e. The SMILES string of the molecule is CCN(CC)C(CNC(=O)c1sc(C)cc1OC(F)F)c1cccc(OC)c1. The van der Waals surface area contributed by atoms with Crippen LogP contribution in [0.3, 0.4) is 0 Å². The number of hydrogen-bond acceptors (Lipinski definition) is 5. The summed E-state index contributed by atoms with van der Waals surface area (Å²) >= 11 is 1.13. The summed E-state index contributed by atoms with van der Waals surface area (Å²) in [5, 5.41) is 2.88. The van der Waals surface area contributed by atoms with Gasteiger partial charge in [0.1, 0.15) is 16.4 Å². The van der Waals surface area contributed by atoms with Gasteiger partial charge in [0, 0.05) is 11.4 Å². The second kappa shape index (κ2) is 10.4. The molecule has 2 rings (SSSR count). The van der Waals surface area contributed by atoms with Crippen molar-refractivity contribution < 1.29 is 23.0 Å². The van der Waals surface area contributed by atoms with Crippen molar-refractivity contribution in [2.45, 2.75) is 33.4 Å². The fraction of sp³-hybridized carbons (Fsp3) is 0.450. The van der Waals surface area contributed by atoms with E-state index in [-0.39, 0.29) is 16.7 Å². The van der Waals surface area contributed by atoms with Gasteiger partial charge >= 0.3 is 6.61 Å². The molecular formula is C20H26F2N2O3S. The number of hydrogen-bond donors (Lipinski definition) is 1. The molecule has 5 nitrogen and oxygen atoms in total. The fourth-order valence-corrected chi connectivity index (χ4v) is 3.93. The van der Waals surface area contributed by atoms with Gasteiger partial charge in [-0.1, -0.05) is 26.0 Å². The molecule has 0 radical (unpaired) electrons. The zero-order valence-electron chi connectivity index (χ0n) is 16.5. The van der Waals surface area contributed by atoms with E-state index in [0.29, 0.717) is 6.54 Å². The highest BCUT2D eigenvalue weighted by atomic mass is 32.1. The van der Waals surface area contributed by atoms with Crippen LogP contribution in [0.2, 0.25) is 0 Å². The first kappa shape index (κ1) is 22.1. The number of rotatable bonds is 10. The average Bonchev–Trinajstić information content (AvgIpc) is 3.04. The Kier molecular flexibility index (Phi) is 8.19. The third-order valence-electron chi connectivity index (χ3n) is 4.43. The molecule has 0 saturated heterocycles. The van der Waals surface area contributed by atoms with Gasteiger partial charge in [0.15, 0.2) is 0 Å². The molecule has 0 spiro atoms. The van der Waals surface area contributed by atoms with Crippen molar-refractivity contribution in [2.75, 3.05) is 26.7 Å². The van der Waals surface area contributed by atoms with E-state index in [4.69, 9.17) is 4.74 Å². The van der Waals surface area contributed by atoms with E-state index in [1.165, 1.54) is 6.07 Å². The highest BCUT2D eigenvalue weighted by molar-refractivity contribution is 7.14. The number of halogens is 2. The zero-order valence-corrected chi connectivity index (χ0v) is 17.3. The number of likely N-dealkylation sites (N-methyl/N-ethyl adjacent to an activating group) is 1. The molecule has 1 unspecified atom stereocenters. The maximum Gasteiger partial charge on any atom is 0.387 e. The third-order valence-corrected chi connectivity index (χ3v) is 5.46. The number of methoxy groups -OCH3 is 1. The van der Waals surface area contributed by atoms with Crippen molar-refractivity contribution in [2.24, 2.45) is 0 Å². The van der Waals surface area contributed by atoms with Crippen LogP contribution in [-0.4, -0.2) is 44.2 Å². The number of nitrogens with one attached hydrogen (secondary N) is 1. The Hall–Kier alpha value is -2.19. The number of carbonyl (C=O) groups excluding carboxylic acids is 1. The molecule has 1 atom stereocenters. The van der Waals surface area contributed by atoms with E-state index in [1.807, 2.05) is 24.3 Å². The molecule has 1 aromatic heterocycles. The first-order valence-corrected chi connectivity index (χ1v) is 9.92. The average molecular weight is 413 g/mol. The lowest BCUT2D eigenvalue weighted by Gasteiger charge is -2.30. The minimum absolute atomic E-state index is 0.0745. The molecule has 154 valence electrons. The molecule has 0 aliphatic carbocycles. The van der Waals surface area contributed by atoms with Crippen molar-refractivity contribution in [3.63, 3.8) is 0 Å². The quantitative estimate of drug-likeness (QED) is 0.625. The van der Waals surface area contributed by atoms with Gasteiger partial charge in [-0.05, 0) is 43.8 Å². The second-order valence-electron chi connectivity index (χ2n) is 6.15. The van der Waals surface area contributed by atoms with Crippen molar-refractivity contribution in [1.82, 2.24) is 10.2 Å². The maximum atomic E-state index is 12.6.